The second-order valence-electron chi connectivity index (χ2n) is 11.7. The van der Waals surface area contributed by atoms with Crippen LogP contribution in [0.4, 0.5) is 5.69 Å². The van der Waals surface area contributed by atoms with Gasteiger partial charge in [0.25, 0.3) is 5.91 Å². The van der Waals surface area contributed by atoms with Crippen LogP contribution in [0.2, 0.25) is 0 Å². The van der Waals surface area contributed by atoms with Gasteiger partial charge in [-0.1, -0.05) is 84.9 Å². The first-order chi connectivity index (χ1) is 23.1. The molecule has 1 heterocycles. The first-order valence-electron chi connectivity index (χ1n) is 16.3. The number of unbranched alkanes of at least 4 members (excludes halogenated alkanes) is 1. The van der Waals surface area contributed by atoms with Gasteiger partial charge in [0.2, 0.25) is 0 Å². The quantitative estimate of drug-likeness (QED) is 0.0817. The largest absolute Gasteiger partial charge is 0.422 e. The van der Waals surface area contributed by atoms with Gasteiger partial charge in [-0.3, -0.25) is 4.79 Å². The third-order valence-corrected chi connectivity index (χ3v) is 13.3. The van der Waals surface area contributed by atoms with Gasteiger partial charge in [0.15, 0.2) is 0 Å². The molecule has 47 heavy (non-hydrogen) atoms. The summed E-state index contributed by atoms with van der Waals surface area (Å²) >= 11 is 0. The van der Waals surface area contributed by atoms with Crippen LogP contribution in [0.25, 0.3) is 11.0 Å². The Morgan fingerprint density at radius 3 is 1.81 bits per heavy atom. The van der Waals surface area contributed by atoms with Gasteiger partial charge >= 0.3 is 5.63 Å². The Hall–Kier alpha value is -4.99. The standard InChI is InChI=1S/C41H39N2O3P/c1-2-43(31-32-17-7-3-8-18-32)34-26-25-33-29-38(41(45)46-39(33)30-34)40(44)42-27-15-16-28-47(35-19-9-4-10-20-35,36-21-11-5-12-22-36)37-23-13-6-14-24-37/h3-14,17-26,29-30H,2,15-16,27-28,31H2,1H3/p+1. The van der Waals surface area contributed by atoms with E-state index in [4.69, 9.17) is 4.42 Å². The van der Waals surface area contributed by atoms with E-state index in [-0.39, 0.29) is 5.56 Å². The minimum absolute atomic E-state index is 0.0292. The monoisotopic (exact) mass is 639 g/mol. The van der Waals surface area contributed by atoms with Crippen LogP contribution in [0.5, 0.6) is 0 Å². The van der Waals surface area contributed by atoms with E-state index >= 15 is 0 Å². The molecule has 0 bridgehead atoms. The number of fused-ring (bicyclic) bond motifs is 1. The SMILES string of the molecule is CCN(Cc1ccccc1)c1ccc2cc(C(=O)NCCCC[P+](c3ccccc3)(c3ccccc3)c3ccccc3)c(=O)oc2c1. The van der Waals surface area contributed by atoms with E-state index in [1.165, 1.54) is 21.5 Å². The molecular weight excluding hydrogens is 599 g/mol. The summed E-state index contributed by atoms with van der Waals surface area (Å²) < 4.78 is 5.68. The fraction of sp³-hybridized carbons (Fsp3) is 0.171. The lowest BCUT2D eigenvalue weighted by Gasteiger charge is -2.27. The lowest BCUT2D eigenvalue weighted by Crippen LogP contribution is -2.34. The van der Waals surface area contributed by atoms with Crippen LogP contribution in [0.15, 0.2) is 155 Å². The number of hydrogen-bond donors (Lipinski definition) is 1. The van der Waals surface area contributed by atoms with E-state index in [0.717, 1.165) is 43.2 Å². The fourth-order valence-electron chi connectivity index (χ4n) is 6.30. The van der Waals surface area contributed by atoms with Crippen LogP contribution in [0.1, 0.15) is 35.7 Å². The van der Waals surface area contributed by atoms with E-state index in [1.54, 1.807) is 6.07 Å². The van der Waals surface area contributed by atoms with Crippen molar-refractivity contribution in [2.45, 2.75) is 26.3 Å². The molecule has 6 rings (SSSR count). The third-order valence-electron chi connectivity index (χ3n) is 8.72. The average molecular weight is 640 g/mol. The zero-order valence-corrected chi connectivity index (χ0v) is 27.6. The van der Waals surface area contributed by atoms with Gasteiger partial charge in [0.05, 0.1) is 6.16 Å². The normalized spacial score (nSPS) is 11.3. The highest BCUT2D eigenvalue weighted by Gasteiger charge is 2.44. The van der Waals surface area contributed by atoms with E-state index in [2.05, 4.69) is 120 Å². The number of nitrogens with one attached hydrogen (secondary N) is 1. The molecule has 5 nitrogen and oxygen atoms in total. The zero-order valence-electron chi connectivity index (χ0n) is 26.7. The van der Waals surface area contributed by atoms with Crippen molar-refractivity contribution in [1.82, 2.24) is 5.32 Å². The Labute approximate surface area is 277 Å². The Kier molecular flexibility index (Phi) is 10.2. The molecule has 0 atom stereocenters. The highest BCUT2D eigenvalue weighted by molar-refractivity contribution is 7.95. The van der Waals surface area contributed by atoms with Crippen molar-refractivity contribution in [3.63, 3.8) is 0 Å². The molecule has 0 saturated heterocycles. The third kappa shape index (κ3) is 7.21. The molecule has 6 heteroatoms. The summed E-state index contributed by atoms with van der Waals surface area (Å²) in [6, 6.07) is 50.2. The summed E-state index contributed by atoms with van der Waals surface area (Å²) in [5.41, 5.74) is 2.04. The highest BCUT2D eigenvalue weighted by Crippen LogP contribution is 2.55. The second kappa shape index (κ2) is 15.1. The molecule has 1 amide bonds. The number of carbonyl (C=O) groups is 1. The molecular formula is C41H40N2O3P+. The summed E-state index contributed by atoms with van der Waals surface area (Å²) in [7, 11) is -1.93. The summed E-state index contributed by atoms with van der Waals surface area (Å²) in [4.78, 5) is 28.4. The Morgan fingerprint density at radius 2 is 1.26 bits per heavy atom. The lowest BCUT2D eigenvalue weighted by molar-refractivity contribution is 0.0949. The molecule has 1 aromatic heterocycles. The molecule has 0 aliphatic rings. The van der Waals surface area contributed by atoms with E-state index < -0.39 is 18.8 Å². The van der Waals surface area contributed by atoms with Crippen molar-refractivity contribution in [2.24, 2.45) is 0 Å². The molecule has 0 spiro atoms. The molecule has 236 valence electrons. The van der Waals surface area contributed by atoms with Crippen LogP contribution in [-0.4, -0.2) is 25.2 Å². The molecule has 0 radical (unpaired) electrons. The maximum atomic E-state index is 13.2. The number of rotatable bonds is 13. The fourth-order valence-corrected chi connectivity index (χ4v) is 10.7. The molecule has 5 aromatic carbocycles. The van der Waals surface area contributed by atoms with Gasteiger partial charge in [0, 0.05) is 36.8 Å². The molecule has 0 saturated carbocycles. The minimum Gasteiger partial charge on any atom is -0.422 e. The zero-order chi connectivity index (χ0) is 32.5. The van der Waals surface area contributed by atoms with Crippen molar-refractivity contribution < 1.29 is 9.21 Å². The van der Waals surface area contributed by atoms with Crippen molar-refractivity contribution in [3.8, 4) is 0 Å². The molecule has 1 N–H and O–H groups in total. The molecule has 0 unspecified atom stereocenters. The second-order valence-corrected chi connectivity index (χ2v) is 15.3. The van der Waals surface area contributed by atoms with E-state index in [0.29, 0.717) is 12.1 Å². The van der Waals surface area contributed by atoms with Gasteiger partial charge in [-0.2, -0.15) is 0 Å². The summed E-state index contributed by atoms with van der Waals surface area (Å²) in [6.07, 6.45) is 2.68. The number of benzene rings is 5. The predicted molar refractivity (Wildman–Crippen MR) is 197 cm³/mol. The van der Waals surface area contributed by atoms with Crippen LogP contribution in [-0.2, 0) is 6.54 Å². The smallest absolute Gasteiger partial charge is 0.349 e. The van der Waals surface area contributed by atoms with E-state index in [1.807, 2.05) is 36.4 Å². The lowest BCUT2D eigenvalue weighted by atomic mass is 10.1. The molecule has 0 aliphatic carbocycles. The maximum absolute atomic E-state index is 13.2. The average Bonchev–Trinajstić information content (AvgIpc) is 3.13. The maximum Gasteiger partial charge on any atom is 0.349 e. The summed E-state index contributed by atoms with van der Waals surface area (Å²) in [6.45, 7) is 4.12. The van der Waals surface area contributed by atoms with Gasteiger partial charge in [-0.25, -0.2) is 4.79 Å². The topological polar surface area (TPSA) is 62.6 Å². The summed E-state index contributed by atoms with van der Waals surface area (Å²) in [5.74, 6) is -0.403. The Morgan fingerprint density at radius 1 is 0.702 bits per heavy atom. The van der Waals surface area contributed by atoms with Crippen LogP contribution in [0, 0.1) is 0 Å². The van der Waals surface area contributed by atoms with Crippen molar-refractivity contribution >= 4 is 45.7 Å². The van der Waals surface area contributed by atoms with Crippen molar-refractivity contribution in [3.05, 3.63) is 167 Å². The number of anilines is 1. The van der Waals surface area contributed by atoms with Crippen LogP contribution in [0.3, 0.4) is 0 Å². The molecule has 0 aliphatic heterocycles. The minimum atomic E-state index is -1.93. The summed E-state index contributed by atoms with van der Waals surface area (Å²) in [5, 5.41) is 7.74. The first kappa shape index (κ1) is 32.0. The van der Waals surface area contributed by atoms with Crippen molar-refractivity contribution in [2.75, 3.05) is 24.2 Å². The van der Waals surface area contributed by atoms with Gasteiger partial charge in [-0.05, 0) is 79.9 Å². The number of amides is 1. The molecule has 6 aromatic rings. The van der Waals surface area contributed by atoms with Crippen LogP contribution < -0.4 is 31.8 Å². The highest BCUT2D eigenvalue weighted by atomic mass is 31.2. The first-order valence-corrected chi connectivity index (χ1v) is 18.3. The van der Waals surface area contributed by atoms with Gasteiger partial charge in [-0.15, -0.1) is 0 Å². The number of hydrogen-bond acceptors (Lipinski definition) is 4. The van der Waals surface area contributed by atoms with Gasteiger partial charge in [0.1, 0.15) is 34.3 Å². The van der Waals surface area contributed by atoms with E-state index in [9.17, 15) is 9.59 Å². The predicted octanol–water partition coefficient (Wildman–Crippen LogP) is 7.32. The molecule has 0 fully saturated rings. The van der Waals surface area contributed by atoms with Crippen molar-refractivity contribution in [1.29, 1.82) is 0 Å². The Balaban J connectivity index is 1.14. The van der Waals surface area contributed by atoms with Crippen LogP contribution >= 0.6 is 7.26 Å². The Bertz CT molecular complexity index is 1870. The van der Waals surface area contributed by atoms with Gasteiger partial charge < -0.3 is 14.6 Å². The number of nitrogens with zero attached hydrogens (tertiary/aromatic N) is 1. The number of carbonyl (C=O) groups excluding carboxylic acids is 1.